The zero-order valence-electron chi connectivity index (χ0n) is 16.4. The highest BCUT2D eigenvalue weighted by Crippen LogP contribution is 2.48. The average molecular weight is 381 g/mol. The normalized spacial score (nSPS) is 14.3. The molecular formula is C26H23NO2. The molecule has 1 aliphatic rings. The number of allylic oxidation sites excluding steroid dienone is 2. The summed E-state index contributed by atoms with van der Waals surface area (Å²) in [4.78, 5) is 11.7. The first-order chi connectivity index (χ1) is 14.1. The van der Waals surface area contributed by atoms with Crippen LogP contribution in [0.1, 0.15) is 36.5 Å². The van der Waals surface area contributed by atoms with Crippen molar-refractivity contribution in [2.75, 3.05) is 0 Å². The van der Waals surface area contributed by atoms with E-state index in [1.54, 1.807) is 6.07 Å². The lowest BCUT2D eigenvalue weighted by Gasteiger charge is -2.10. The van der Waals surface area contributed by atoms with Crippen LogP contribution in [0.4, 0.5) is 0 Å². The molecule has 3 heteroatoms. The van der Waals surface area contributed by atoms with Gasteiger partial charge in [0.25, 0.3) is 0 Å². The lowest BCUT2D eigenvalue weighted by Crippen LogP contribution is -2.11. The van der Waals surface area contributed by atoms with Crippen LogP contribution in [-0.4, -0.2) is 11.0 Å². The van der Waals surface area contributed by atoms with Crippen LogP contribution in [0.3, 0.4) is 0 Å². The number of hydrogen-bond acceptors (Lipinski definition) is 2. The Morgan fingerprint density at radius 1 is 0.897 bits per heavy atom. The maximum Gasteiger partial charge on any atom is 0.221 e. The Labute approximate surface area is 170 Å². The van der Waals surface area contributed by atoms with Crippen molar-refractivity contribution < 1.29 is 9.90 Å². The first-order valence-electron chi connectivity index (χ1n) is 9.79. The minimum Gasteiger partial charge on any atom is -0.507 e. The standard InChI is InChI=1S/C26H23NO2/c1-2-19-22(21-13-8-14-24(28)26(21)23(19)16-25(27)29)15-18-11-6-7-12-20(18)17-9-4-3-5-10-17/h3-15,28H,2,16H2,1H3,(H2,27,29)/b22-15-. The first-order valence-corrected chi connectivity index (χ1v) is 9.79. The average Bonchev–Trinajstić information content (AvgIpc) is 3.02. The van der Waals surface area contributed by atoms with Crippen molar-refractivity contribution in [2.45, 2.75) is 19.8 Å². The number of benzene rings is 3. The van der Waals surface area contributed by atoms with Gasteiger partial charge in [0.2, 0.25) is 5.91 Å². The summed E-state index contributed by atoms with van der Waals surface area (Å²) in [5, 5.41) is 10.5. The van der Waals surface area contributed by atoms with E-state index < -0.39 is 5.91 Å². The quantitative estimate of drug-likeness (QED) is 0.600. The lowest BCUT2D eigenvalue weighted by atomic mass is 9.94. The number of aromatic hydroxyl groups is 1. The fraction of sp³-hybridized carbons (Fsp3) is 0.115. The smallest absolute Gasteiger partial charge is 0.221 e. The van der Waals surface area contributed by atoms with Gasteiger partial charge < -0.3 is 10.8 Å². The molecule has 0 saturated heterocycles. The molecule has 0 saturated carbocycles. The second-order valence-corrected chi connectivity index (χ2v) is 7.16. The van der Waals surface area contributed by atoms with E-state index in [1.165, 1.54) is 0 Å². The van der Waals surface area contributed by atoms with Crippen LogP contribution in [0.25, 0.3) is 28.3 Å². The van der Waals surface area contributed by atoms with Crippen molar-refractivity contribution in [2.24, 2.45) is 5.73 Å². The van der Waals surface area contributed by atoms with E-state index in [1.807, 2.05) is 42.5 Å². The predicted octanol–water partition coefficient (Wildman–Crippen LogP) is 5.65. The van der Waals surface area contributed by atoms with Crippen LogP contribution >= 0.6 is 0 Å². The summed E-state index contributed by atoms with van der Waals surface area (Å²) in [6.07, 6.45) is 3.02. The Morgan fingerprint density at radius 2 is 1.59 bits per heavy atom. The minimum absolute atomic E-state index is 0.116. The Morgan fingerprint density at radius 3 is 2.31 bits per heavy atom. The molecule has 1 aliphatic carbocycles. The lowest BCUT2D eigenvalue weighted by molar-refractivity contribution is -0.117. The molecule has 3 nitrogen and oxygen atoms in total. The molecule has 0 heterocycles. The van der Waals surface area contributed by atoms with Gasteiger partial charge in [0.15, 0.2) is 0 Å². The number of primary amides is 1. The molecule has 0 unspecified atom stereocenters. The van der Waals surface area contributed by atoms with Gasteiger partial charge in [-0.25, -0.2) is 0 Å². The van der Waals surface area contributed by atoms with E-state index >= 15 is 0 Å². The number of phenolic OH excluding ortho intramolecular Hbond substituents is 1. The van der Waals surface area contributed by atoms with Crippen molar-refractivity contribution in [3.63, 3.8) is 0 Å². The predicted molar refractivity (Wildman–Crippen MR) is 119 cm³/mol. The van der Waals surface area contributed by atoms with Gasteiger partial charge in [-0.05, 0) is 57.5 Å². The molecule has 0 aliphatic heterocycles. The number of hydrogen-bond donors (Lipinski definition) is 2. The van der Waals surface area contributed by atoms with Crippen LogP contribution < -0.4 is 5.73 Å². The van der Waals surface area contributed by atoms with Crippen LogP contribution in [0, 0.1) is 0 Å². The number of phenols is 1. The maximum absolute atomic E-state index is 11.7. The molecular weight excluding hydrogens is 358 g/mol. The van der Waals surface area contributed by atoms with Crippen LogP contribution in [0.2, 0.25) is 0 Å². The zero-order chi connectivity index (χ0) is 20.4. The van der Waals surface area contributed by atoms with Gasteiger partial charge in [-0.2, -0.15) is 0 Å². The number of carbonyl (C=O) groups excluding carboxylic acids is 1. The Bertz CT molecular complexity index is 1140. The van der Waals surface area contributed by atoms with Gasteiger partial charge in [0.1, 0.15) is 5.75 Å². The Hall–Kier alpha value is -3.59. The molecule has 0 spiro atoms. The zero-order valence-corrected chi connectivity index (χ0v) is 16.4. The summed E-state index contributed by atoms with van der Waals surface area (Å²) < 4.78 is 0. The van der Waals surface area contributed by atoms with Crippen molar-refractivity contribution in [3.8, 4) is 16.9 Å². The minimum atomic E-state index is -0.397. The topological polar surface area (TPSA) is 63.3 Å². The van der Waals surface area contributed by atoms with E-state index in [-0.39, 0.29) is 12.2 Å². The van der Waals surface area contributed by atoms with E-state index in [2.05, 4.69) is 37.3 Å². The van der Waals surface area contributed by atoms with Crippen molar-refractivity contribution >= 4 is 23.1 Å². The van der Waals surface area contributed by atoms with Crippen molar-refractivity contribution in [1.82, 2.24) is 0 Å². The molecule has 0 fully saturated rings. The Kier molecular flexibility index (Phi) is 5.05. The third kappa shape index (κ3) is 3.47. The highest BCUT2D eigenvalue weighted by molar-refractivity contribution is 6.10. The Balaban J connectivity index is 1.94. The van der Waals surface area contributed by atoms with Gasteiger partial charge in [-0.15, -0.1) is 0 Å². The molecule has 0 bridgehead atoms. The van der Waals surface area contributed by atoms with Gasteiger partial charge in [0.05, 0.1) is 6.42 Å². The summed E-state index contributed by atoms with van der Waals surface area (Å²) >= 11 is 0. The monoisotopic (exact) mass is 381 g/mol. The molecule has 0 atom stereocenters. The molecule has 3 N–H and O–H groups in total. The number of amides is 1. The summed E-state index contributed by atoms with van der Waals surface area (Å²) in [6.45, 7) is 2.07. The van der Waals surface area contributed by atoms with E-state index in [0.717, 1.165) is 51.0 Å². The SMILES string of the molecule is CCC1=C(CC(N)=O)c2c(O)cccc2/C1=C\c1ccccc1-c1ccccc1. The van der Waals surface area contributed by atoms with Crippen molar-refractivity contribution in [1.29, 1.82) is 0 Å². The number of nitrogens with two attached hydrogens (primary N) is 1. The summed E-state index contributed by atoms with van der Waals surface area (Å²) in [5.74, 6) is -0.212. The summed E-state index contributed by atoms with van der Waals surface area (Å²) in [7, 11) is 0. The van der Waals surface area contributed by atoms with E-state index in [0.29, 0.717) is 0 Å². The second kappa shape index (κ2) is 7.80. The van der Waals surface area contributed by atoms with E-state index in [9.17, 15) is 9.90 Å². The molecule has 3 aromatic rings. The fourth-order valence-electron chi connectivity index (χ4n) is 4.15. The van der Waals surface area contributed by atoms with E-state index in [4.69, 9.17) is 5.73 Å². The number of rotatable bonds is 5. The molecule has 144 valence electrons. The molecule has 3 aromatic carbocycles. The van der Waals surface area contributed by atoms with Crippen LogP contribution in [0.5, 0.6) is 5.75 Å². The number of fused-ring (bicyclic) bond motifs is 1. The van der Waals surface area contributed by atoms with Gasteiger partial charge in [0, 0.05) is 5.56 Å². The first kappa shape index (κ1) is 18.8. The summed E-state index contributed by atoms with van der Waals surface area (Å²) in [5.41, 5.74) is 13.5. The fourth-order valence-corrected chi connectivity index (χ4v) is 4.15. The summed E-state index contributed by atoms with van der Waals surface area (Å²) in [6, 6.07) is 24.0. The molecule has 4 rings (SSSR count). The van der Waals surface area contributed by atoms with Gasteiger partial charge >= 0.3 is 0 Å². The molecule has 0 aromatic heterocycles. The third-order valence-electron chi connectivity index (χ3n) is 5.37. The largest absolute Gasteiger partial charge is 0.507 e. The van der Waals surface area contributed by atoms with Crippen LogP contribution in [-0.2, 0) is 4.79 Å². The van der Waals surface area contributed by atoms with Crippen molar-refractivity contribution in [3.05, 3.63) is 95.1 Å². The molecule has 0 radical (unpaired) electrons. The highest BCUT2D eigenvalue weighted by Gasteiger charge is 2.28. The maximum atomic E-state index is 11.7. The third-order valence-corrected chi connectivity index (χ3v) is 5.37. The van der Waals surface area contributed by atoms with Crippen LogP contribution in [0.15, 0.2) is 78.4 Å². The number of carbonyl (C=O) groups is 1. The second-order valence-electron chi connectivity index (χ2n) is 7.16. The molecule has 1 amide bonds. The van der Waals surface area contributed by atoms with Gasteiger partial charge in [-0.3, -0.25) is 4.79 Å². The highest BCUT2D eigenvalue weighted by atomic mass is 16.3. The van der Waals surface area contributed by atoms with Gasteiger partial charge in [-0.1, -0.05) is 73.7 Å². The molecule has 29 heavy (non-hydrogen) atoms.